The number of epoxide rings is 1. The van der Waals surface area contributed by atoms with E-state index in [4.69, 9.17) is 21.1 Å². The van der Waals surface area contributed by atoms with Gasteiger partial charge in [0.05, 0.1) is 6.61 Å². The molecule has 1 heterocycles. The number of halogens is 1. The summed E-state index contributed by atoms with van der Waals surface area (Å²) in [5.41, 5.74) is 1.10. The number of rotatable bonds is 6. The summed E-state index contributed by atoms with van der Waals surface area (Å²) in [6.45, 7) is 5.35. The molecule has 0 aromatic carbocycles. The molecule has 0 bridgehead atoms. The van der Waals surface area contributed by atoms with E-state index in [0.717, 1.165) is 45.1 Å². The summed E-state index contributed by atoms with van der Waals surface area (Å²) >= 11 is 5.71. The first-order valence-corrected chi connectivity index (χ1v) is 31.4. The molecule has 1 N–H and O–H groups in total. The lowest BCUT2D eigenvalue weighted by Gasteiger charge is -2.21. The fourth-order valence-corrected chi connectivity index (χ4v) is 11.1. The molecule has 2 rings (SSSR count). The number of amides is 2. The monoisotopic (exact) mass is 974 g/mol. The Balaban J connectivity index is 1.77. The number of carbonyl (C=O) groups is 2. The lowest BCUT2D eigenvalue weighted by atomic mass is 9.87. The van der Waals surface area contributed by atoms with Gasteiger partial charge < -0.3 is 9.47 Å². The molecule has 0 aromatic rings. The van der Waals surface area contributed by atoms with Crippen LogP contribution in [-0.4, -0.2) is 36.2 Å². The van der Waals surface area contributed by atoms with E-state index in [1.807, 2.05) is 0 Å². The van der Waals surface area contributed by atoms with Crippen molar-refractivity contribution < 1.29 is 19.1 Å². The number of alkyl carbamates (subject to hydrolysis) is 1. The third-order valence-corrected chi connectivity index (χ3v) is 15.9. The minimum atomic E-state index is -0.691. The summed E-state index contributed by atoms with van der Waals surface area (Å²) in [7, 11) is 0. The predicted octanol–water partition coefficient (Wildman–Crippen LogP) is 21.1. The molecular formula is C62H116ClNO4. The van der Waals surface area contributed by atoms with Crippen molar-refractivity contribution in [3.8, 4) is 0 Å². The van der Waals surface area contributed by atoms with Crippen LogP contribution in [0.15, 0.2) is 11.6 Å². The normalized spacial score (nSPS) is 24.9. The van der Waals surface area contributed by atoms with Crippen LogP contribution in [0.1, 0.15) is 341 Å². The van der Waals surface area contributed by atoms with Gasteiger partial charge in [0, 0.05) is 0 Å². The molecule has 0 saturated carbocycles. The Morgan fingerprint density at radius 3 is 1.06 bits per heavy atom. The fraction of sp³-hybridized carbons (Fsp3) is 0.935. The number of alkyl halides is 1. The highest BCUT2D eigenvalue weighted by Crippen LogP contribution is 2.43. The molecule has 2 unspecified atom stereocenters. The van der Waals surface area contributed by atoms with E-state index < -0.39 is 12.0 Å². The molecule has 6 heteroatoms. The Kier molecular flexibility index (Phi) is 43.5. The topological polar surface area (TPSA) is 67.9 Å². The standard InChI is InChI=1S/C62H116ClNO4/c1-57(2)50-49-51-58-54-59(68-61(66)64-60(65)55-63)52-47-45-43-41-39-37-35-33-31-29-27-25-23-21-19-17-15-13-11-9-7-5-3-4-6-8-10-12-14-16-18-20-22-24-26-28-30-32-34-36-38-40-42-44-46-48-53-62(58)56-67-62/h54,57,59H,3-53,55-56H2,1-2H3,(H,64,65,66). The second-order valence-corrected chi connectivity index (χ2v) is 23.0. The van der Waals surface area contributed by atoms with E-state index in [1.54, 1.807) is 0 Å². The van der Waals surface area contributed by atoms with Gasteiger partial charge in [0.25, 0.3) is 0 Å². The molecule has 2 aliphatic rings. The lowest BCUT2D eigenvalue weighted by Crippen LogP contribution is -2.34. The van der Waals surface area contributed by atoms with E-state index in [0.29, 0.717) is 5.92 Å². The van der Waals surface area contributed by atoms with E-state index in [-0.39, 0.29) is 17.6 Å². The zero-order chi connectivity index (χ0) is 48.7. The molecule has 0 radical (unpaired) electrons. The van der Waals surface area contributed by atoms with Gasteiger partial charge in [-0.15, -0.1) is 11.6 Å². The molecule has 1 aliphatic heterocycles. The molecule has 1 fully saturated rings. The molecule has 1 spiro atoms. The van der Waals surface area contributed by atoms with Gasteiger partial charge in [0.15, 0.2) is 0 Å². The van der Waals surface area contributed by atoms with Crippen LogP contribution in [0.2, 0.25) is 0 Å². The SMILES string of the molecule is CC(C)CCCC1=CC(OC(=O)NC(=O)CCl)CCCCCCCCCCCCCCCCCCCCCCCCCCCCCCCCCCCCCCCCCCCCCCCCC12CO2. The third-order valence-electron chi connectivity index (χ3n) is 15.6. The van der Waals surface area contributed by atoms with Gasteiger partial charge in [-0.2, -0.15) is 0 Å². The van der Waals surface area contributed by atoms with Crippen LogP contribution in [0.25, 0.3) is 0 Å². The molecule has 400 valence electrons. The highest BCUT2D eigenvalue weighted by Gasteiger charge is 2.47. The highest BCUT2D eigenvalue weighted by molar-refractivity contribution is 6.28. The van der Waals surface area contributed by atoms with Gasteiger partial charge in [0.1, 0.15) is 17.6 Å². The van der Waals surface area contributed by atoms with E-state index in [9.17, 15) is 9.59 Å². The van der Waals surface area contributed by atoms with Crippen molar-refractivity contribution in [2.45, 2.75) is 353 Å². The number of ether oxygens (including phenoxy) is 2. The van der Waals surface area contributed by atoms with Crippen LogP contribution in [0.4, 0.5) is 4.79 Å². The Morgan fingerprint density at radius 1 is 0.515 bits per heavy atom. The molecule has 5 nitrogen and oxygen atoms in total. The van der Waals surface area contributed by atoms with Gasteiger partial charge in [-0.05, 0) is 49.7 Å². The average molecular weight is 975 g/mol. The molecule has 2 amide bonds. The van der Waals surface area contributed by atoms with Crippen LogP contribution >= 0.6 is 11.6 Å². The smallest absolute Gasteiger partial charge is 0.414 e. The maximum Gasteiger partial charge on any atom is 0.414 e. The second-order valence-electron chi connectivity index (χ2n) is 22.7. The van der Waals surface area contributed by atoms with Gasteiger partial charge in [0.2, 0.25) is 5.91 Å². The van der Waals surface area contributed by atoms with Crippen molar-refractivity contribution in [1.29, 1.82) is 0 Å². The average Bonchev–Trinajstić information content (AvgIpc) is 4.12. The van der Waals surface area contributed by atoms with Gasteiger partial charge in [-0.25, -0.2) is 4.79 Å². The van der Waals surface area contributed by atoms with E-state index in [2.05, 4.69) is 25.2 Å². The van der Waals surface area contributed by atoms with Crippen LogP contribution in [0.5, 0.6) is 0 Å². The minimum absolute atomic E-state index is 0.206. The number of hydrogen-bond acceptors (Lipinski definition) is 4. The van der Waals surface area contributed by atoms with Crippen molar-refractivity contribution in [3.05, 3.63) is 11.6 Å². The first-order chi connectivity index (χ1) is 33.4. The zero-order valence-electron chi connectivity index (χ0n) is 45.7. The summed E-state index contributed by atoms with van der Waals surface area (Å²) in [4.78, 5) is 24.8. The van der Waals surface area contributed by atoms with Crippen LogP contribution < -0.4 is 5.32 Å². The molecule has 68 heavy (non-hydrogen) atoms. The summed E-state index contributed by atoms with van der Waals surface area (Å²) < 4.78 is 12.3. The maximum absolute atomic E-state index is 12.8. The minimum Gasteiger partial charge on any atom is -0.442 e. The quantitative estimate of drug-likeness (QED) is 0.164. The van der Waals surface area contributed by atoms with Crippen molar-refractivity contribution >= 4 is 23.6 Å². The highest BCUT2D eigenvalue weighted by atomic mass is 35.5. The zero-order valence-corrected chi connectivity index (χ0v) is 46.5. The predicted molar refractivity (Wildman–Crippen MR) is 296 cm³/mol. The largest absolute Gasteiger partial charge is 0.442 e. The van der Waals surface area contributed by atoms with Gasteiger partial charge >= 0.3 is 6.09 Å². The molecular weight excluding hydrogens is 858 g/mol. The first kappa shape index (κ1) is 63.0. The molecule has 0 aromatic heterocycles. The van der Waals surface area contributed by atoms with Crippen molar-refractivity contribution in [2.75, 3.05) is 12.5 Å². The Bertz CT molecular complexity index is 1150. The molecule has 2 atom stereocenters. The van der Waals surface area contributed by atoms with Crippen LogP contribution in [-0.2, 0) is 14.3 Å². The van der Waals surface area contributed by atoms with Crippen molar-refractivity contribution in [2.24, 2.45) is 5.92 Å². The Hall–Kier alpha value is -1.07. The lowest BCUT2D eigenvalue weighted by molar-refractivity contribution is -0.118. The van der Waals surface area contributed by atoms with Crippen LogP contribution in [0, 0.1) is 5.92 Å². The van der Waals surface area contributed by atoms with Gasteiger partial charge in [-0.1, -0.05) is 309 Å². The maximum atomic E-state index is 12.8. The molecule has 1 saturated heterocycles. The van der Waals surface area contributed by atoms with Crippen molar-refractivity contribution in [1.82, 2.24) is 5.32 Å². The number of carbonyl (C=O) groups excluding carboxylic acids is 2. The van der Waals surface area contributed by atoms with Gasteiger partial charge in [-0.3, -0.25) is 10.1 Å². The molecule has 1 aliphatic carbocycles. The van der Waals surface area contributed by atoms with Crippen LogP contribution in [0.3, 0.4) is 0 Å². The summed E-state index contributed by atoms with van der Waals surface area (Å²) in [6, 6.07) is 0. The number of hydrogen-bond donors (Lipinski definition) is 1. The fourth-order valence-electron chi connectivity index (χ4n) is 11.0. The number of nitrogens with one attached hydrogen (secondary N) is 1. The Morgan fingerprint density at radius 2 is 0.794 bits per heavy atom. The van der Waals surface area contributed by atoms with E-state index in [1.165, 1.54) is 295 Å². The first-order valence-electron chi connectivity index (χ1n) is 30.9. The van der Waals surface area contributed by atoms with Crippen molar-refractivity contribution in [3.63, 3.8) is 0 Å². The summed E-state index contributed by atoms with van der Waals surface area (Å²) in [6.07, 6.45) is 70.7. The summed E-state index contributed by atoms with van der Waals surface area (Å²) in [5.74, 6) is -0.127. The number of imide groups is 1. The Labute approximate surface area is 429 Å². The second kappa shape index (κ2) is 47.0. The summed E-state index contributed by atoms with van der Waals surface area (Å²) in [5, 5.41) is 2.31. The third kappa shape index (κ3) is 39.5. The van der Waals surface area contributed by atoms with E-state index >= 15 is 0 Å².